The van der Waals surface area contributed by atoms with Gasteiger partial charge in [-0.3, -0.25) is 14.5 Å². The van der Waals surface area contributed by atoms with Crippen molar-refractivity contribution in [2.24, 2.45) is 4.99 Å². The van der Waals surface area contributed by atoms with Crippen LogP contribution in [0.1, 0.15) is 90.1 Å². The summed E-state index contributed by atoms with van der Waals surface area (Å²) < 4.78 is 6.39. The second-order valence-corrected chi connectivity index (χ2v) is 20.8. The molecule has 11 heteroatoms. The fourth-order valence-corrected chi connectivity index (χ4v) is 7.17. The van der Waals surface area contributed by atoms with E-state index < -0.39 is 26.1 Å². The van der Waals surface area contributed by atoms with Gasteiger partial charge in [0, 0.05) is 61.4 Å². The Kier molecular flexibility index (Phi) is 12.2. The van der Waals surface area contributed by atoms with Gasteiger partial charge in [0.05, 0.1) is 11.8 Å². The van der Waals surface area contributed by atoms with Gasteiger partial charge in [0.15, 0.2) is 8.32 Å². The van der Waals surface area contributed by atoms with Crippen molar-refractivity contribution in [2.75, 3.05) is 32.8 Å². The molecular formula is C39H56N4O6Si. The van der Waals surface area contributed by atoms with Crippen LogP contribution >= 0.6 is 0 Å². The molecule has 272 valence electrons. The zero-order chi connectivity index (χ0) is 37.0. The average Bonchev–Trinajstić information content (AvgIpc) is 3.37. The lowest BCUT2D eigenvalue weighted by Crippen LogP contribution is -2.49. The Morgan fingerprint density at radius 1 is 1.00 bits per heavy atom. The number of carbonyl (C=O) groups excluding carboxylic acids is 2. The molecule has 0 radical (unpaired) electrons. The minimum atomic E-state index is -1.91. The molecule has 0 saturated carbocycles. The number of carbonyl (C=O) groups is 3. The van der Waals surface area contributed by atoms with Crippen LogP contribution in [0.3, 0.4) is 0 Å². The van der Waals surface area contributed by atoms with Crippen LogP contribution < -0.4 is 0 Å². The molecule has 10 nitrogen and oxygen atoms in total. The summed E-state index contributed by atoms with van der Waals surface area (Å²) in [7, 11) is -1.91. The van der Waals surface area contributed by atoms with Crippen LogP contribution in [-0.2, 0) is 9.22 Å². The van der Waals surface area contributed by atoms with Crippen LogP contribution in [0.25, 0.3) is 17.2 Å². The highest BCUT2D eigenvalue weighted by molar-refractivity contribution is 6.74. The van der Waals surface area contributed by atoms with Crippen LogP contribution in [0.5, 0.6) is 0 Å². The van der Waals surface area contributed by atoms with E-state index in [-0.39, 0.29) is 29.1 Å². The van der Waals surface area contributed by atoms with E-state index in [4.69, 9.17) is 9.42 Å². The highest BCUT2D eigenvalue weighted by Gasteiger charge is 2.37. The number of rotatable bonds is 10. The molecule has 0 bridgehead atoms. The first-order valence-corrected chi connectivity index (χ1v) is 20.7. The minimum Gasteiger partial charge on any atom is -0.465 e. The lowest BCUT2D eigenvalue weighted by molar-refractivity contribution is -0.127. The molecule has 2 aliphatic rings. The fourth-order valence-electron chi connectivity index (χ4n) is 6.08. The van der Waals surface area contributed by atoms with Crippen molar-refractivity contribution < 1.29 is 29.0 Å². The highest BCUT2D eigenvalue weighted by Crippen LogP contribution is 2.37. The molecule has 1 atom stereocenters. The zero-order valence-electron chi connectivity index (χ0n) is 31.4. The summed E-state index contributed by atoms with van der Waals surface area (Å²) in [6.45, 7) is 21.1. The first kappa shape index (κ1) is 39.0. The Hall–Kier alpha value is -3.80. The van der Waals surface area contributed by atoms with E-state index in [0.29, 0.717) is 62.5 Å². The maximum Gasteiger partial charge on any atom is 0.413 e. The summed E-state index contributed by atoms with van der Waals surface area (Å²) in [4.78, 5) is 49.5. The van der Waals surface area contributed by atoms with Gasteiger partial charge in [-0.15, -0.1) is 0 Å². The molecule has 2 heterocycles. The molecule has 0 aromatic heterocycles. The summed E-state index contributed by atoms with van der Waals surface area (Å²) in [5.41, 5.74) is 3.23. The van der Waals surface area contributed by atoms with E-state index in [1.807, 2.05) is 69.0 Å². The van der Waals surface area contributed by atoms with Gasteiger partial charge in [-0.2, -0.15) is 0 Å². The van der Waals surface area contributed by atoms with Gasteiger partial charge in [-0.25, -0.2) is 9.79 Å². The fraction of sp³-hybridized carbons (Fsp3) is 0.538. The normalized spacial score (nSPS) is 16.7. The number of aliphatic hydroxyl groups excluding tert-OH is 1. The van der Waals surface area contributed by atoms with E-state index in [2.05, 4.69) is 33.9 Å². The minimum absolute atomic E-state index is 0.0646. The first-order valence-electron chi connectivity index (χ1n) is 17.8. The molecule has 2 aromatic rings. The molecule has 1 fully saturated rings. The van der Waals surface area contributed by atoms with Crippen LogP contribution in [0.2, 0.25) is 18.1 Å². The molecule has 2 aliphatic heterocycles. The van der Waals surface area contributed by atoms with Crippen LogP contribution in [0.4, 0.5) is 10.5 Å². The SMILES string of the molecule is CCCN(CCCO[Si](C)(C)C(C)(C)C)C(=O)C1=Cc2ccc(-c3ccc(C(=O)N4CC[C@H](O)C4)cc3)cc2N=C(N(C(=O)O)C(C)(C)C)C1. The second kappa shape index (κ2) is 15.6. The summed E-state index contributed by atoms with van der Waals surface area (Å²) in [5, 5.41) is 20.3. The van der Waals surface area contributed by atoms with E-state index in [1.165, 1.54) is 4.90 Å². The molecular weight excluding hydrogens is 649 g/mol. The molecule has 3 amide bonds. The maximum atomic E-state index is 14.2. The second-order valence-electron chi connectivity index (χ2n) is 16.0. The van der Waals surface area contributed by atoms with Crippen molar-refractivity contribution in [1.29, 1.82) is 0 Å². The van der Waals surface area contributed by atoms with Crippen LogP contribution in [-0.4, -0.2) is 101 Å². The summed E-state index contributed by atoms with van der Waals surface area (Å²) in [6.07, 6.45) is 2.38. The Balaban J connectivity index is 1.65. The highest BCUT2D eigenvalue weighted by atomic mass is 28.4. The van der Waals surface area contributed by atoms with Gasteiger partial charge in [0.2, 0.25) is 5.91 Å². The van der Waals surface area contributed by atoms with Gasteiger partial charge < -0.3 is 24.4 Å². The predicted molar refractivity (Wildman–Crippen MR) is 202 cm³/mol. The number of benzene rings is 2. The number of carboxylic acid groups (broad SMARTS) is 1. The zero-order valence-corrected chi connectivity index (χ0v) is 32.4. The summed E-state index contributed by atoms with van der Waals surface area (Å²) >= 11 is 0. The van der Waals surface area contributed by atoms with Crippen LogP contribution in [0.15, 0.2) is 53.0 Å². The summed E-state index contributed by atoms with van der Waals surface area (Å²) in [5.74, 6) is 0.0450. The first-order chi connectivity index (χ1) is 23.3. The molecule has 50 heavy (non-hydrogen) atoms. The van der Waals surface area contributed by atoms with Crippen molar-refractivity contribution in [3.63, 3.8) is 0 Å². The number of amidine groups is 1. The van der Waals surface area contributed by atoms with Crippen molar-refractivity contribution in [3.8, 4) is 11.1 Å². The standard InChI is InChI=1S/C39H56N4O6Si/c1-10-19-41(20-11-22-49-50(8,9)39(5,6)7)36(46)31-23-30-17-16-29(24-33(30)40-34(25-31)43(37(47)48)38(2,3)4)27-12-14-28(15-13-27)35(45)42-21-18-32(44)26-42/h12-17,23-24,32,44H,10-11,18-22,25-26H2,1-9H3,(H,47,48)/t32-/m0/s1. The molecule has 2 aromatic carbocycles. The van der Waals surface area contributed by atoms with Gasteiger partial charge in [-0.1, -0.05) is 52.0 Å². The van der Waals surface area contributed by atoms with Gasteiger partial charge in [0.1, 0.15) is 5.84 Å². The quantitative estimate of drug-likeness (QED) is 0.192. The monoisotopic (exact) mass is 704 g/mol. The Morgan fingerprint density at radius 3 is 2.22 bits per heavy atom. The molecule has 4 rings (SSSR count). The van der Waals surface area contributed by atoms with Gasteiger partial charge in [-0.05, 0) is 93.6 Å². The number of likely N-dealkylation sites (tertiary alicyclic amines) is 1. The number of fused-ring (bicyclic) bond motifs is 1. The molecule has 0 aliphatic carbocycles. The Bertz CT molecular complexity index is 1620. The third-order valence-electron chi connectivity index (χ3n) is 9.89. The smallest absolute Gasteiger partial charge is 0.413 e. The van der Waals surface area contributed by atoms with Crippen LogP contribution in [0, 0.1) is 0 Å². The maximum absolute atomic E-state index is 14.2. The van der Waals surface area contributed by atoms with Crippen molar-refractivity contribution in [2.45, 2.75) is 104 Å². The molecule has 1 saturated heterocycles. The average molecular weight is 705 g/mol. The number of hydrogen-bond donors (Lipinski definition) is 2. The van der Waals surface area contributed by atoms with E-state index in [9.17, 15) is 24.6 Å². The largest absolute Gasteiger partial charge is 0.465 e. The molecule has 2 N–H and O–H groups in total. The Morgan fingerprint density at radius 2 is 1.66 bits per heavy atom. The topological polar surface area (TPSA) is 123 Å². The molecule has 0 spiro atoms. The van der Waals surface area contributed by atoms with Crippen molar-refractivity contribution >= 4 is 43.8 Å². The van der Waals surface area contributed by atoms with Gasteiger partial charge in [0.25, 0.3) is 5.91 Å². The van der Waals surface area contributed by atoms with E-state index >= 15 is 0 Å². The summed E-state index contributed by atoms with van der Waals surface area (Å²) in [6, 6.07) is 13.1. The third-order valence-corrected chi connectivity index (χ3v) is 14.4. The third kappa shape index (κ3) is 9.29. The number of aliphatic imine (C=N–C) groups is 1. The number of amides is 3. The van der Waals surface area contributed by atoms with Crippen molar-refractivity contribution in [3.05, 3.63) is 59.2 Å². The number of hydrogen-bond acceptors (Lipinski definition) is 6. The van der Waals surface area contributed by atoms with Gasteiger partial charge >= 0.3 is 6.09 Å². The number of β-amino-alcohol motifs (C(OH)–C–C–N with tert-alkyl or cyclic N) is 1. The number of nitrogens with zero attached hydrogens (tertiary/aromatic N) is 4. The Labute approximate surface area is 299 Å². The van der Waals surface area contributed by atoms with E-state index in [0.717, 1.165) is 23.1 Å². The molecule has 0 unspecified atom stereocenters. The lowest BCUT2D eigenvalue weighted by Gasteiger charge is -2.36. The lowest BCUT2D eigenvalue weighted by atomic mass is 9.99. The predicted octanol–water partition coefficient (Wildman–Crippen LogP) is 7.81. The number of aliphatic hydroxyl groups is 1. The van der Waals surface area contributed by atoms with Crippen molar-refractivity contribution in [1.82, 2.24) is 14.7 Å². The van der Waals surface area contributed by atoms with E-state index in [1.54, 1.807) is 17.0 Å².